The molecule has 3 atom stereocenters. The summed E-state index contributed by atoms with van der Waals surface area (Å²) in [7, 11) is 0. The minimum Gasteiger partial charge on any atom is -0.384 e. The van der Waals surface area contributed by atoms with Gasteiger partial charge in [0.15, 0.2) is 0 Å². The summed E-state index contributed by atoms with van der Waals surface area (Å²) in [6, 6.07) is 15.7. The van der Waals surface area contributed by atoms with Gasteiger partial charge in [-0.15, -0.1) is 24.8 Å². The van der Waals surface area contributed by atoms with Gasteiger partial charge in [0, 0.05) is 18.7 Å². The van der Waals surface area contributed by atoms with Crippen molar-refractivity contribution in [1.82, 2.24) is 10.2 Å². The van der Waals surface area contributed by atoms with Gasteiger partial charge in [0.2, 0.25) is 11.8 Å². The predicted molar refractivity (Wildman–Crippen MR) is 124 cm³/mol. The maximum absolute atomic E-state index is 13.1. The monoisotopic (exact) mass is 463 g/mol. The van der Waals surface area contributed by atoms with E-state index in [-0.39, 0.29) is 48.4 Å². The number of likely N-dealkylation sites (tertiary alicyclic amines) is 1. The molecule has 1 saturated heterocycles. The summed E-state index contributed by atoms with van der Waals surface area (Å²) in [6.45, 7) is 0.920. The predicted octanol–water partition coefficient (Wildman–Crippen LogP) is 2.12. The van der Waals surface area contributed by atoms with Crippen LogP contribution in [-0.4, -0.2) is 34.6 Å². The largest absolute Gasteiger partial charge is 0.384 e. The second kappa shape index (κ2) is 9.68. The summed E-state index contributed by atoms with van der Waals surface area (Å²) in [6.07, 6.45) is 1.52. The maximum Gasteiger partial charge on any atom is 0.246 e. The van der Waals surface area contributed by atoms with Crippen LogP contribution in [0.5, 0.6) is 0 Å². The number of carbonyl (C=O) groups is 2. The Labute approximate surface area is 193 Å². The summed E-state index contributed by atoms with van der Waals surface area (Å²) < 4.78 is 0. The van der Waals surface area contributed by atoms with Crippen molar-refractivity contribution in [3.8, 4) is 0 Å². The van der Waals surface area contributed by atoms with Crippen LogP contribution in [0.3, 0.4) is 0 Å². The van der Waals surface area contributed by atoms with Crippen molar-refractivity contribution in [1.29, 1.82) is 5.41 Å². The number of nitrogens with one attached hydrogen (secondary N) is 2. The van der Waals surface area contributed by atoms with Crippen LogP contribution in [0.15, 0.2) is 54.6 Å². The number of amidine groups is 1. The first-order valence-electron chi connectivity index (χ1n) is 9.77. The molecule has 0 bridgehead atoms. The molecule has 1 aliphatic carbocycles. The Morgan fingerprint density at radius 3 is 2.35 bits per heavy atom. The number of nitrogens with zero attached hydrogens (tertiary/aromatic N) is 1. The van der Waals surface area contributed by atoms with Crippen molar-refractivity contribution in [3.05, 3.63) is 71.3 Å². The van der Waals surface area contributed by atoms with Crippen LogP contribution in [0.25, 0.3) is 0 Å². The second-order valence-electron chi connectivity index (χ2n) is 7.79. The molecule has 31 heavy (non-hydrogen) atoms. The van der Waals surface area contributed by atoms with E-state index in [0.29, 0.717) is 25.1 Å². The average Bonchev–Trinajstić information content (AvgIpc) is 3.37. The van der Waals surface area contributed by atoms with Gasteiger partial charge in [-0.3, -0.25) is 15.0 Å². The quantitative estimate of drug-likeness (QED) is 0.386. The fourth-order valence-electron chi connectivity index (χ4n) is 4.29. The summed E-state index contributed by atoms with van der Waals surface area (Å²) in [4.78, 5) is 27.8. The third kappa shape index (κ3) is 4.54. The van der Waals surface area contributed by atoms with E-state index in [0.717, 1.165) is 17.5 Å². The zero-order chi connectivity index (χ0) is 20.6. The summed E-state index contributed by atoms with van der Waals surface area (Å²) in [5, 5.41) is 10.4. The van der Waals surface area contributed by atoms with Crippen LogP contribution in [0.2, 0.25) is 0 Å². The SMILES string of the molecule is Cl.Cl.N=C(N)c1ccc(CNC(=O)[C@]23C[C@H]2CCN3C(=O)[C@H](N)c2ccccc2)cc1. The van der Waals surface area contributed by atoms with Crippen molar-refractivity contribution < 1.29 is 9.59 Å². The molecule has 0 unspecified atom stereocenters. The van der Waals surface area contributed by atoms with Gasteiger partial charge in [0.25, 0.3) is 0 Å². The molecule has 6 N–H and O–H groups in total. The molecule has 2 aromatic rings. The Hall–Kier alpha value is -2.61. The van der Waals surface area contributed by atoms with Gasteiger partial charge in [0.05, 0.1) is 0 Å². The first-order chi connectivity index (χ1) is 13.9. The summed E-state index contributed by atoms with van der Waals surface area (Å²) in [5.74, 6) is -0.105. The topological polar surface area (TPSA) is 125 Å². The van der Waals surface area contributed by atoms with Crippen molar-refractivity contribution in [3.63, 3.8) is 0 Å². The standard InChI is InChI=1S/C22H25N5O2.2ClH/c23-18(15-4-2-1-3-5-15)20(28)27-11-10-17-12-22(17,27)21(29)26-13-14-6-8-16(9-7-14)19(24)25;;/h1-9,17-18H,10-13,23H2,(H3,24,25)(H,26,29);2*1H/t17-,18-,22+;;/m1../s1. The minimum absolute atomic E-state index is 0. The first-order valence-corrected chi connectivity index (χ1v) is 9.77. The van der Waals surface area contributed by atoms with E-state index in [4.69, 9.17) is 16.9 Å². The summed E-state index contributed by atoms with van der Waals surface area (Å²) >= 11 is 0. The van der Waals surface area contributed by atoms with Gasteiger partial charge < -0.3 is 21.7 Å². The third-order valence-electron chi connectivity index (χ3n) is 6.06. The van der Waals surface area contributed by atoms with Gasteiger partial charge in [-0.25, -0.2) is 0 Å². The van der Waals surface area contributed by atoms with Crippen LogP contribution in [0, 0.1) is 11.3 Å². The number of rotatable bonds is 6. The number of hydrogen-bond acceptors (Lipinski definition) is 4. The molecule has 2 amide bonds. The Morgan fingerprint density at radius 2 is 1.77 bits per heavy atom. The molecule has 9 heteroatoms. The molecule has 7 nitrogen and oxygen atoms in total. The number of halogens is 2. The molecule has 2 aliphatic rings. The van der Waals surface area contributed by atoms with Crippen molar-refractivity contribution in [2.75, 3.05) is 6.54 Å². The van der Waals surface area contributed by atoms with Gasteiger partial charge >= 0.3 is 0 Å². The molecule has 0 radical (unpaired) electrons. The van der Waals surface area contributed by atoms with Gasteiger partial charge in [-0.1, -0.05) is 54.6 Å². The van der Waals surface area contributed by atoms with Crippen molar-refractivity contribution in [2.24, 2.45) is 17.4 Å². The normalized spacial score (nSPS) is 21.7. The zero-order valence-corrected chi connectivity index (χ0v) is 18.5. The lowest BCUT2D eigenvalue weighted by Crippen LogP contribution is -2.52. The van der Waals surface area contributed by atoms with E-state index < -0.39 is 11.6 Å². The van der Waals surface area contributed by atoms with Crippen LogP contribution < -0.4 is 16.8 Å². The second-order valence-corrected chi connectivity index (χ2v) is 7.79. The average molecular weight is 464 g/mol. The van der Waals surface area contributed by atoms with Crippen molar-refractivity contribution >= 4 is 42.5 Å². The minimum atomic E-state index is -0.764. The number of carbonyl (C=O) groups excluding carboxylic acids is 2. The fourth-order valence-corrected chi connectivity index (χ4v) is 4.29. The maximum atomic E-state index is 13.1. The lowest BCUT2D eigenvalue weighted by molar-refractivity contribution is -0.142. The number of fused-ring (bicyclic) bond motifs is 1. The number of nitrogens with two attached hydrogens (primary N) is 2. The van der Waals surface area contributed by atoms with Crippen LogP contribution >= 0.6 is 24.8 Å². The van der Waals surface area contributed by atoms with E-state index in [1.807, 2.05) is 42.5 Å². The first kappa shape index (κ1) is 24.7. The Morgan fingerprint density at radius 1 is 1.13 bits per heavy atom. The molecule has 1 saturated carbocycles. The third-order valence-corrected chi connectivity index (χ3v) is 6.06. The molecule has 4 rings (SSSR count). The lowest BCUT2D eigenvalue weighted by atomic mass is 10.1. The fraction of sp³-hybridized carbons (Fsp3) is 0.318. The number of benzene rings is 2. The van der Waals surface area contributed by atoms with Crippen LogP contribution in [0.1, 0.15) is 35.6 Å². The van der Waals surface area contributed by atoms with Gasteiger partial charge in [-0.05, 0) is 29.9 Å². The molecule has 0 aromatic heterocycles. The molecule has 1 heterocycles. The highest BCUT2D eigenvalue weighted by molar-refractivity contribution is 5.97. The molecule has 166 valence electrons. The van der Waals surface area contributed by atoms with Crippen LogP contribution in [-0.2, 0) is 16.1 Å². The van der Waals surface area contributed by atoms with E-state index in [2.05, 4.69) is 5.32 Å². The Balaban J connectivity index is 0.00000171. The van der Waals surface area contributed by atoms with E-state index in [1.54, 1.807) is 17.0 Å². The van der Waals surface area contributed by atoms with E-state index in [9.17, 15) is 9.59 Å². The van der Waals surface area contributed by atoms with Crippen LogP contribution in [0.4, 0.5) is 0 Å². The van der Waals surface area contributed by atoms with Gasteiger partial charge in [-0.2, -0.15) is 0 Å². The lowest BCUT2D eigenvalue weighted by Gasteiger charge is -2.30. The highest BCUT2D eigenvalue weighted by Gasteiger charge is 2.68. The highest BCUT2D eigenvalue weighted by atomic mass is 35.5. The van der Waals surface area contributed by atoms with Gasteiger partial charge in [0.1, 0.15) is 17.4 Å². The number of nitrogen functional groups attached to an aromatic ring is 1. The Kier molecular flexibility index (Phi) is 7.70. The van der Waals surface area contributed by atoms with Crippen molar-refractivity contribution in [2.45, 2.75) is 31.0 Å². The van der Waals surface area contributed by atoms with E-state index >= 15 is 0 Å². The summed E-state index contributed by atoms with van der Waals surface area (Å²) in [5.41, 5.74) is 13.2. The smallest absolute Gasteiger partial charge is 0.246 e. The molecular weight excluding hydrogens is 437 g/mol. The molecule has 1 aliphatic heterocycles. The Bertz CT molecular complexity index is 954. The molecule has 2 fully saturated rings. The number of piperidine rings is 1. The number of amides is 2. The molecule has 2 aromatic carbocycles. The number of hydrogen-bond donors (Lipinski definition) is 4. The van der Waals surface area contributed by atoms with E-state index in [1.165, 1.54) is 0 Å². The zero-order valence-electron chi connectivity index (χ0n) is 16.9. The highest BCUT2D eigenvalue weighted by Crippen LogP contribution is 2.56. The molecular formula is C22H27Cl2N5O2. The molecule has 0 spiro atoms.